The van der Waals surface area contributed by atoms with Crippen molar-refractivity contribution in [3.05, 3.63) is 90.2 Å². The number of carbonyl (C=O) groups is 1. The van der Waals surface area contributed by atoms with E-state index in [4.69, 9.17) is 9.15 Å². The van der Waals surface area contributed by atoms with Gasteiger partial charge in [-0.1, -0.05) is 47.5 Å². The first kappa shape index (κ1) is 19.5. The molecule has 0 aliphatic rings. The number of benzene rings is 3. The second-order valence-electron chi connectivity index (χ2n) is 7.13. The highest BCUT2D eigenvalue weighted by Gasteiger charge is 2.09. The zero-order valence-corrected chi connectivity index (χ0v) is 16.9. The molecule has 1 aromatic heterocycles. The lowest BCUT2D eigenvalue weighted by Crippen LogP contribution is -2.20. The number of nitrogens with one attached hydrogen (secondary N) is 1. The Labute approximate surface area is 175 Å². The second kappa shape index (κ2) is 8.66. The molecule has 3 aromatic carbocycles. The van der Waals surface area contributed by atoms with Gasteiger partial charge in [-0.2, -0.15) is 0 Å². The number of ether oxygens (including phenoxy) is 1. The van der Waals surface area contributed by atoms with Crippen LogP contribution in [0.25, 0.3) is 22.7 Å². The summed E-state index contributed by atoms with van der Waals surface area (Å²) in [5.74, 6) is 0.978. The number of aryl methyl sites for hydroxylation is 2. The molecule has 0 saturated heterocycles. The topological polar surface area (TPSA) is 64.4 Å². The van der Waals surface area contributed by atoms with Gasteiger partial charge in [0.15, 0.2) is 6.61 Å². The molecule has 0 spiro atoms. The van der Waals surface area contributed by atoms with Crippen LogP contribution in [0.4, 0.5) is 5.69 Å². The third-order valence-corrected chi connectivity index (χ3v) is 4.66. The van der Waals surface area contributed by atoms with E-state index in [1.54, 1.807) is 6.26 Å². The summed E-state index contributed by atoms with van der Waals surface area (Å²) < 4.78 is 11.1. The quantitative estimate of drug-likeness (QED) is 0.456. The zero-order chi connectivity index (χ0) is 20.9. The zero-order valence-electron chi connectivity index (χ0n) is 16.9. The molecule has 150 valence electrons. The van der Waals surface area contributed by atoms with E-state index < -0.39 is 0 Å². The Kier molecular flexibility index (Phi) is 5.61. The predicted molar refractivity (Wildman–Crippen MR) is 117 cm³/mol. The van der Waals surface area contributed by atoms with Gasteiger partial charge in [0.25, 0.3) is 5.91 Å². The third-order valence-electron chi connectivity index (χ3n) is 4.66. The molecule has 4 rings (SSSR count). The van der Waals surface area contributed by atoms with Crippen molar-refractivity contribution in [2.75, 3.05) is 11.9 Å². The summed E-state index contributed by atoms with van der Waals surface area (Å²) in [5, 5.41) is 2.82. The van der Waals surface area contributed by atoms with Gasteiger partial charge in [0.1, 0.15) is 17.7 Å². The first-order valence-corrected chi connectivity index (χ1v) is 9.69. The van der Waals surface area contributed by atoms with Gasteiger partial charge in [0, 0.05) is 16.8 Å². The standard InChI is InChI=1S/C25H22N2O3/c1-17-3-7-19(8-4-17)23-15-30-25(27-23)20-9-11-21(12-10-20)26-24(28)16-29-22-13-5-18(2)6-14-22/h3-15H,16H2,1-2H3,(H,26,28). The lowest BCUT2D eigenvalue weighted by molar-refractivity contribution is -0.118. The van der Waals surface area contributed by atoms with Crippen LogP contribution >= 0.6 is 0 Å². The maximum absolute atomic E-state index is 12.1. The van der Waals surface area contributed by atoms with Crippen molar-refractivity contribution in [3.8, 4) is 28.5 Å². The lowest BCUT2D eigenvalue weighted by Gasteiger charge is -2.08. The summed E-state index contributed by atoms with van der Waals surface area (Å²) in [7, 11) is 0. The van der Waals surface area contributed by atoms with Crippen molar-refractivity contribution in [2.24, 2.45) is 0 Å². The summed E-state index contributed by atoms with van der Waals surface area (Å²) in [6.45, 7) is 4.00. The minimum Gasteiger partial charge on any atom is -0.484 e. The van der Waals surface area contributed by atoms with Crippen molar-refractivity contribution in [1.82, 2.24) is 4.98 Å². The first-order valence-electron chi connectivity index (χ1n) is 9.69. The fraction of sp³-hybridized carbons (Fsp3) is 0.120. The number of nitrogens with zero attached hydrogens (tertiary/aromatic N) is 1. The molecule has 1 heterocycles. The Hall–Kier alpha value is -3.86. The molecule has 1 N–H and O–H groups in total. The molecule has 4 aromatic rings. The fourth-order valence-corrected chi connectivity index (χ4v) is 2.94. The molecule has 0 bridgehead atoms. The smallest absolute Gasteiger partial charge is 0.262 e. The van der Waals surface area contributed by atoms with Crippen LogP contribution in [-0.4, -0.2) is 17.5 Å². The molecule has 5 nitrogen and oxygen atoms in total. The molecule has 0 aliphatic heterocycles. The average molecular weight is 398 g/mol. The predicted octanol–water partition coefficient (Wildman–Crippen LogP) is 5.64. The van der Waals surface area contributed by atoms with Gasteiger partial charge in [-0.05, 0) is 50.2 Å². The third kappa shape index (κ3) is 4.75. The van der Waals surface area contributed by atoms with Gasteiger partial charge in [0.05, 0.1) is 0 Å². The van der Waals surface area contributed by atoms with Crippen LogP contribution in [0.5, 0.6) is 5.75 Å². The number of amides is 1. The van der Waals surface area contributed by atoms with Gasteiger partial charge in [-0.15, -0.1) is 0 Å². The molecule has 0 unspecified atom stereocenters. The normalized spacial score (nSPS) is 10.6. The van der Waals surface area contributed by atoms with Gasteiger partial charge in [-0.3, -0.25) is 4.79 Å². The number of oxazole rings is 1. The van der Waals surface area contributed by atoms with E-state index in [-0.39, 0.29) is 12.5 Å². The molecule has 0 aliphatic carbocycles. The van der Waals surface area contributed by atoms with Crippen molar-refractivity contribution < 1.29 is 13.9 Å². The maximum Gasteiger partial charge on any atom is 0.262 e. The van der Waals surface area contributed by atoms with Crippen molar-refractivity contribution >= 4 is 11.6 Å². The molecule has 0 radical (unpaired) electrons. The number of hydrogen-bond acceptors (Lipinski definition) is 4. The van der Waals surface area contributed by atoms with E-state index in [0.717, 1.165) is 22.4 Å². The molecule has 0 fully saturated rings. The maximum atomic E-state index is 12.1. The number of hydrogen-bond donors (Lipinski definition) is 1. The fourth-order valence-electron chi connectivity index (χ4n) is 2.94. The Morgan fingerprint density at radius 3 is 2.13 bits per heavy atom. The first-order chi connectivity index (χ1) is 14.6. The minimum atomic E-state index is -0.221. The largest absolute Gasteiger partial charge is 0.484 e. The number of rotatable bonds is 6. The molecule has 0 atom stereocenters. The van der Waals surface area contributed by atoms with E-state index in [1.165, 1.54) is 5.56 Å². The highest BCUT2D eigenvalue weighted by atomic mass is 16.5. The van der Waals surface area contributed by atoms with E-state index in [9.17, 15) is 4.79 Å². The van der Waals surface area contributed by atoms with Crippen LogP contribution in [0.1, 0.15) is 11.1 Å². The SMILES string of the molecule is Cc1ccc(OCC(=O)Nc2ccc(-c3nc(-c4ccc(C)cc4)co3)cc2)cc1. The average Bonchev–Trinajstić information content (AvgIpc) is 3.25. The van der Waals surface area contributed by atoms with Crippen LogP contribution in [-0.2, 0) is 4.79 Å². The van der Waals surface area contributed by atoms with Crippen LogP contribution < -0.4 is 10.1 Å². The van der Waals surface area contributed by atoms with Gasteiger partial charge in [-0.25, -0.2) is 4.98 Å². The van der Waals surface area contributed by atoms with Crippen LogP contribution in [0.3, 0.4) is 0 Å². The molecule has 0 saturated carbocycles. The van der Waals surface area contributed by atoms with Gasteiger partial charge >= 0.3 is 0 Å². The van der Waals surface area contributed by atoms with Crippen molar-refractivity contribution in [3.63, 3.8) is 0 Å². The van der Waals surface area contributed by atoms with E-state index in [0.29, 0.717) is 17.3 Å². The van der Waals surface area contributed by atoms with E-state index in [1.807, 2.05) is 86.6 Å². The second-order valence-corrected chi connectivity index (χ2v) is 7.13. The Bertz CT molecular complexity index is 1130. The summed E-state index contributed by atoms with van der Waals surface area (Å²) in [6, 6.07) is 23.1. The van der Waals surface area contributed by atoms with Crippen molar-refractivity contribution in [1.29, 1.82) is 0 Å². The number of aromatic nitrogens is 1. The molecule has 30 heavy (non-hydrogen) atoms. The monoisotopic (exact) mass is 398 g/mol. The summed E-state index contributed by atoms with van der Waals surface area (Å²) in [5.41, 5.74) is 5.65. The Morgan fingerprint density at radius 1 is 0.867 bits per heavy atom. The highest BCUT2D eigenvalue weighted by Crippen LogP contribution is 2.26. The number of carbonyl (C=O) groups excluding carboxylic acids is 1. The minimum absolute atomic E-state index is 0.0511. The van der Waals surface area contributed by atoms with Crippen LogP contribution in [0, 0.1) is 13.8 Å². The number of anilines is 1. The van der Waals surface area contributed by atoms with Crippen molar-refractivity contribution in [2.45, 2.75) is 13.8 Å². The molecular weight excluding hydrogens is 376 g/mol. The highest BCUT2D eigenvalue weighted by molar-refractivity contribution is 5.92. The van der Waals surface area contributed by atoms with E-state index in [2.05, 4.69) is 10.3 Å². The summed E-state index contributed by atoms with van der Waals surface area (Å²) in [4.78, 5) is 16.7. The molecule has 5 heteroatoms. The molecular formula is C25H22N2O3. The lowest BCUT2D eigenvalue weighted by atomic mass is 10.1. The van der Waals surface area contributed by atoms with Gasteiger partial charge in [0.2, 0.25) is 5.89 Å². The summed E-state index contributed by atoms with van der Waals surface area (Å²) in [6.07, 6.45) is 1.65. The summed E-state index contributed by atoms with van der Waals surface area (Å²) >= 11 is 0. The van der Waals surface area contributed by atoms with Crippen LogP contribution in [0.15, 0.2) is 83.5 Å². The van der Waals surface area contributed by atoms with E-state index >= 15 is 0 Å². The van der Waals surface area contributed by atoms with Gasteiger partial charge < -0.3 is 14.5 Å². The Balaban J connectivity index is 1.36. The Morgan fingerprint density at radius 2 is 1.47 bits per heavy atom. The molecule has 1 amide bonds. The van der Waals surface area contributed by atoms with Crippen LogP contribution in [0.2, 0.25) is 0 Å².